The Morgan fingerprint density at radius 2 is 1.96 bits per heavy atom. The Balaban J connectivity index is 2.31. The highest BCUT2D eigenvalue weighted by atomic mass is 19.4. The standard InChI is InChI=1S/C15H11F5N2O/c16-9-3-4-10-12(13(9)17)14(15(18,19)20,6-5-8-1-2-8)21-7-11(23)22-10/h3-8H,1-2H2,(H,22,23)/b6-5-. The van der Waals surface area contributed by atoms with Crippen LogP contribution in [0.4, 0.5) is 27.6 Å². The number of anilines is 1. The summed E-state index contributed by atoms with van der Waals surface area (Å²) in [7, 11) is 0. The monoisotopic (exact) mass is 330 g/mol. The molecule has 2 aliphatic rings. The topological polar surface area (TPSA) is 41.5 Å². The lowest BCUT2D eigenvalue weighted by molar-refractivity contribution is -0.174. The first kappa shape index (κ1) is 15.6. The van der Waals surface area contributed by atoms with E-state index in [0.29, 0.717) is 18.4 Å². The van der Waals surface area contributed by atoms with Crippen LogP contribution in [0.1, 0.15) is 18.4 Å². The normalized spacial score (nSPS) is 24.5. The molecule has 1 aliphatic carbocycles. The third-order valence-electron chi connectivity index (χ3n) is 3.78. The highest BCUT2D eigenvalue weighted by Gasteiger charge is 2.58. The summed E-state index contributed by atoms with van der Waals surface area (Å²) in [6.07, 6.45) is -1.15. The van der Waals surface area contributed by atoms with Gasteiger partial charge in [-0.15, -0.1) is 0 Å². The molecule has 1 atom stereocenters. The van der Waals surface area contributed by atoms with Gasteiger partial charge in [0.15, 0.2) is 11.6 Å². The number of rotatable bonds is 2. The summed E-state index contributed by atoms with van der Waals surface area (Å²) < 4.78 is 69.1. The SMILES string of the molecule is O=C1C=NC(/C=C\C2CC2)(C(F)(F)F)c2c(ccc(F)c2F)N1. The molecule has 8 heteroatoms. The Morgan fingerprint density at radius 3 is 2.57 bits per heavy atom. The molecule has 1 unspecified atom stereocenters. The number of hydrogen-bond acceptors (Lipinski definition) is 2. The molecule has 3 rings (SSSR count). The van der Waals surface area contributed by atoms with Crippen molar-refractivity contribution in [3.05, 3.63) is 41.5 Å². The Hall–Kier alpha value is -2.25. The molecular weight excluding hydrogens is 319 g/mol. The van der Waals surface area contributed by atoms with Crippen LogP contribution >= 0.6 is 0 Å². The molecule has 1 aromatic rings. The molecule has 1 fully saturated rings. The maximum absolute atomic E-state index is 14.2. The third kappa shape index (κ3) is 2.62. The van der Waals surface area contributed by atoms with Crippen molar-refractivity contribution in [3.63, 3.8) is 0 Å². The Kier molecular flexibility index (Phi) is 3.50. The zero-order valence-corrected chi connectivity index (χ0v) is 11.6. The fourth-order valence-corrected chi connectivity index (χ4v) is 2.42. The largest absolute Gasteiger partial charge is 0.421 e. The number of halogens is 5. The number of carbonyl (C=O) groups is 1. The molecule has 0 aromatic heterocycles. The van der Waals surface area contributed by atoms with Gasteiger partial charge in [0, 0.05) is 0 Å². The van der Waals surface area contributed by atoms with Crippen LogP contribution < -0.4 is 5.32 Å². The summed E-state index contributed by atoms with van der Waals surface area (Å²) in [6, 6.07) is 1.55. The van der Waals surface area contributed by atoms with Crippen LogP contribution in [-0.4, -0.2) is 18.3 Å². The van der Waals surface area contributed by atoms with Gasteiger partial charge >= 0.3 is 6.18 Å². The zero-order valence-electron chi connectivity index (χ0n) is 11.6. The fourth-order valence-electron chi connectivity index (χ4n) is 2.42. The predicted octanol–water partition coefficient (Wildman–Crippen LogP) is 3.71. The Morgan fingerprint density at radius 1 is 1.26 bits per heavy atom. The summed E-state index contributed by atoms with van der Waals surface area (Å²) in [5, 5.41) is 2.09. The second-order valence-corrected chi connectivity index (χ2v) is 5.49. The van der Waals surface area contributed by atoms with Gasteiger partial charge in [-0.25, -0.2) is 8.78 Å². The summed E-state index contributed by atoms with van der Waals surface area (Å²) in [5.41, 5.74) is -4.64. The van der Waals surface area contributed by atoms with Crippen molar-refractivity contribution in [1.82, 2.24) is 0 Å². The number of fused-ring (bicyclic) bond motifs is 1. The number of nitrogens with zero attached hydrogens (tertiary/aromatic N) is 1. The zero-order chi connectivity index (χ0) is 16.8. The molecule has 1 amide bonds. The summed E-state index contributed by atoms with van der Waals surface area (Å²) in [6.45, 7) is 0. The predicted molar refractivity (Wildman–Crippen MR) is 73.1 cm³/mol. The van der Waals surface area contributed by atoms with E-state index in [1.54, 1.807) is 0 Å². The molecule has 3 nitrogen and oxygen atoms in total. The molecule has 23 heavy (non-hydrogen) atoms. The van der Waals surface area contributed by atoms with Gasteiger partial charge in [0.1, 0.15) is 0 Å². The lowest BCUT2D eigenvalue weighted by Crippen LogP contribution is -2.40. The van der Waals surface area contributed by atoms with E-state index < -0.39 is 40.5 Å². The van der Waals surface area contributed by atoms with E-state index in [1.807, 2.05) is 0 Å². The number of hydrogen-bond donors (Lipinski definition) is 1. The van der Waals surface area contributed by atoms with Crippen LogP contribution in [-0.2, 0) is 10.3 Å². The van der Waals surface area contributed by atoms with Crippen molar-refractivity contribution in [2.24, 2.45) is 10.9 Å². The second kappa shape index (κ2) is 5.14. The molecular formula is C15H11F5N2O. The van der Waals surface area contributed by atoms with Gasteiger partial charge in [0.2, 0.25) is 5.54 Å². The molecule has 0 radical (unpaired) electrons. The first-order valence-corrected chi connectivity index (χ1v) is 6.85. The third-order valence-corrected chi connectivity index (χ3v) is 3.78. The van der Waals surface area contributed by atoms with Crippen LogP contribution in [0.2, 0.25) is 0 Å². The van der Waals surface area contributed by atoms with Crippen LogP contribution in [0.25, 0.3) is 0 Å². The van der Waals surface area contributed by atoms with Crippen molar-refractivity contribution in [3.8, 4) is 0 Å². The summed E-state index contributed by atoms with van der Waals surface area (Å²) in [5.74, 6) is -4.11. The van der Waals surface area contributed by atoms with Crippen LogP contribution in [0.3, 0.4) is 0 Å². The van der Waals surface area contributed by atoms with E-state index in [-0.39, 0.29) is 5.92 Å². The van der Waals surface area contributed by atoms with E-state index in [9.17, 15) is 26.7 Å². The van der Waals surface area contributed by atoms with Gasteiger partial charge in [-0.2, -0.15) is 13.2 Å². The Bertz CT molecular complexity index is 721. The first-order valence-electron chi connectivity index (χ1n) is 6.85. The molecule has 1 saturated carbocycles. The first-order chi connectivity index (χ1) is 10.7. The quantitative estimate of drug-likeness (QED) is 0.652. The van der Waals surface area contributed by atoms with E-state index >= 15 is 0 Å². The van der Waals surface area contributed by atoms with Gasteiger partial charge in [0.25, 0.3) is 5.91 Å². The number of carbonyl (C=O) groups excluding carboxylic acids is 1. The molecule has 0 spiro atoms. The average Bonchev–Trinajstić information content (AvgIpc) is 3.27. The fraction of sp³-hybridized carbons (Fsp3) is 0.333. The van der Waals surface area contributed by atoms with Gasteiger partial charge < -0.3 is 5.32 Å². The molecule has 1 aromatic carbocycles. The summed E-state index contributed by atoms with van der Waals surface area (Å²) >= 11 is 0. The van der Waals surface area contributed by atoms with E-state index in [0.717, 1.165) is 18.9 Å². The van der Waals surface area contributed by atoms with Crippen LogP contribution in [0.15, 0.2) is 29.3 Å². The minimum atomic E-state index is -5.05. The number of nitrogens with one attached hydrogen (secondary N) is 1. The number of allylic oxidation sites excluding steroid dienone is 1. The molecule has 0 bridgehead atoms. The minimum Gasteiger partial charge on any atom is -0.321 e. The highest BCUT2D eigenvalue weighted by Crippen LogP contribution is 2.49. The maximum atomic E-state index is 14.2. The number of aliphatic imine (C=N–C) groups is 1. The minimum absolute atomic E-state index is 0.0450. The smallest absolute Gasteiger partial charge is 0.321 e. The molecule has 1 aliphatic heterocycles. The Labute approximate surface area is 127 Å². The van der Waals surface area contributed by atoms with Gasteiger partial charge in [-0.3, -0.25) is 9.79 Å². The van der Waals surface area contributed by atoms with Crippen molar-refractivity contribution in [2.45, 2.75) is 24.6 Å². The van der Waals surface area contributed by atoms with Crippen molar-refractivity contribution in [2.75, 3.05) is 5.32 Å². The van der Waals surface area contributed by atoms with E-state index in [1.165, 1.54) is 6.08 Å². The molecule has 0 saturated heterocycles. The van der Waals surface area contributed by atoms with Crippen molar-refractivity contribution < 1.29 is 26.7 Å². The molecule has 1 heterocycles. The average molecular weight is 330 g/mol. The van der Waals surface area contributed by atoms with E-state index in [2.05, 4.69) is 10.3 Å². The lowest BCUT2D eigenvalue weighted by Gasteiger charge is -2.30. The number of amides is 1. The molecule has 122 valence electrons. The number of alkyl halides is 3. The number of benzene rings is 1. The molecule has 1 N–H and O–H groups in total. The second-order valence-electron chi connectivity index (χ2n) is 5.49. The van der Waals surface area contributed by atoms with E-state index in [4.69, 9.17) is 0 Å². The lowest BCUT2D eigenvalue weighted by atomic mass is 9.87. The van der Waals surface area contributed by atoms with Gasteiger partial charge in [-0.05, 0) is 37.0 Å². The van der Waals surface area contributed by atoms with Crippen LogP contribution in [0.5, 0.6) is 0 Å². The summed E-state index contributed by atoms with van der Waals surface area (Å²) in [4.78, 5) is 14.8. The maximum Gasteiger partial charge on any atom is 0.421 e. The van der Waals surface area contributed by atoms with Gasteiger partial charge in [0.05, 0.1) is 17.5 Å². The van der Waals surface area contributed by atoms with Crippen LogP contribution in [0, 0.1) is 17.6 Å². The highest BCUT2D eigenvalue weighted by molar-refractivity contribution is 6.32. The van der Waals surface area contributed by atoms with Crippen molar-refractivity contribution >= 4 is 17.8 Å². The van der Waals surface area contributed by atoms with Gasteiger partial charge in [-0.1, -0.05) is 6.08 Å². The van der Waals surface area contributed by atoms with Crippen molar-refractivity contribution in [1.29, 1.82) is 0 Å².